The Morgan fingerprint density at radius 2 is 2.21 bits per heavy atom. The van der Waals surface area contributed by atoms with Gasteiger partial charge in [-0.3, -0.25) is 9.98 Å². The Hall–Kier alpha value is -2.73. The summed E-state index contributed by atoms with van der Waals surface area (Å²) in [4.78, 5) is 21.7. The molecule has 0 saturated heterocycles. The number of ether oxygens (including phenoxy) is 1. The maximum Gasteiger partial charge on any atom is 0.339 e. The molecule has 1 aromatic carbocycles. The van der Waals surface area contributed by atoms with Crippen LogP contribution in [0.4, 0.5) is 4.39 Å². The van der Waals surface area contributed by atoms with Crippen LogP contribution in [0.25, 0.3) is 0 Å². The van der Waals surface area contributed by atoms with Crippen LogP contribution in [0.5, 0.6) is 0 Å². The lowest BCUT2D eigenvalue weighted by atomic mass is 9.92. The van der Waals surface area contributed by atoms with Crippen molar-refractivity contribution in [2.75, 3.05) is 6.61 Å². The third-order valence-electron chi connectivity index (χ3n) is 4.20. The number of hydrogen-bond acceptors (Lipinski definition) is 5. The average Bonchev–Trinajstić information content (AvgIpc) is 2.72. The van der Waals surface area contributed by atoms with Crippen molar-refractivity contribution in [1.29, 1.82) is 0 Å². The lowest BCUT2D eigenvalue weighted by Crippen LogP contribution is -2.33. The van der Waals surface area contributed by atoms with E-state index in [4.69, 9.17) is 16.2 Å². The summed E-state index contributed by atoms with van der Waals surface area (Å²) in [5.41, 5.74) is 3.06. The molecule has 142 valence electrons. The molecule has 0 fully saturated rings. The minimum absolute atomic E-state index is 0.137. The normalized spacial score (nSPS) is 16.1. The van der Waals surface area contributed by atoms with Crippen molar-refractivity contribution in [3.63, 3.8) is 0 Å². The van der Waals surface area contributed by atoms with Gasteiger partial charge in [-0.15, -0.1) is 6.42 Å². The highest BCUT2D eigenvalue weighted by molar-refractivity contribution is 14.1. The summed E-state index contributed by atoms with van der Waals surface area (Å²) in [5.74, 6) is 1.92. The maximum atomic E-state index is 13.8. The number of alkyl halides is 1. The molecular formula is C21H17FIN3O2. The minimum atomic E-state index is -0.658. The Bertz CT molecular complexity index is 996. The van der Waals surface area contributed by atoms with Gasteiger partial charge in [0.25, 0.3) is 0 Å². The summed E-state index contributed by atoms with van der Waals surface area (Å²) in [7, 11) is 0. The fraction of sp³-hybridized carbons (Fsp3) is 0.190. The highest BCUT2D eigenvalue weighted by atomic mass is 127. The van der Waals surface area contributed by atoms with E-state index in [0.717, 1.165) is 11.1 Å². The highest BCUT2D eigenvalue weighted by Gasteiger charge is 2.32. The monoisotopic (exact) mass is 489 g/mol. The molecule has 1 aliphatic heterocycles. The van der Waals surface area contributed by atoms with E-state index in [9.17, 15) is 9.18 Å². The largest absolute Gasteiger partial charge is 0.449 e. The van der Waals surface area contributed by atoms with Crippen LogP contribution in [-0.2, 0) is 14.0 Å². The van der Waals surface area contributed by atoms with Crippen LogP contribution in [0.2, 0.25) is 0 Å². The van der Waals surface area contributed by atoms with E-state index in [0.29, 0.717) is 27.2 Å². The topological polar surface area (TPSA) is 63.6 Å². The molecular weight excluding hydrogens is 472 g/mol. The molecule has 1 unspecified atom stereocenters. The van der Waals surface area contributed by atoms with Gasteiger partial charge in [0.05, 0.1) is 5.57 Å². The van der Waals surface area contributed by atoms with E-state index in [1.165, 1.54) is 12.1 Å². The summed E-state index contributed by atoms with van der Waals surface area (Å²) in [6, 6.07) is 9.30. The standard InChI is InChI=1S/C21H17FIN3O2/c1-3-10-28-21(27)18-13(2)25-20(17-6-4-5-9-24-17)26-19(18)16-8-7-15(22)11-14(16)12-23/h1,4-9,11,19H,10,12H2,2H3,(H,25,26). The van der Waals surface area contributed by atoms with Crippen LogP contribution in [0, 0.1) is 18.2 Å². The number of benzene rings is 1. The van der Waals surface area contributed by atoms with Crippen molar-refractivity contribution in [1.82, 2.24) is 10.3 Å². The summed E-state index contributed by atoms with van der Waals surface area (Å²) in [6.07, 6.45) is 6.87. The Kier molecular flexibility index (Phi) is 6.41. The van der Waals surface area contributed by atoms with E-state index in [1.807, 2.05) is 18.2 Å². The zero-order valence-corrected chi connectivity index (χ0v) is 17.2. The quantitative estimate of drug-likeness (QED) is 0.301. The number of pyridine rings is 1. The van der Waals surface area contributed by atoms with E-state index < -0.39 is 12.0 Å². The number of esters is 1. The summed E-state index contributed by atoms with van der Waals surface area (Å²) >= 11 is 2.16. The second-order valence-electron chi connectivity index (χ2n) is 6.02. The summed E-state index contributed by atoms with van der Waals surface area (Å²) < 4.78 is 19.5. The van der Waals surface area contributed by atoms with E-state index in [-0.39, 0.29) is 12.4 Å². The van der Waals surface area contributed by atoms with E-state index in [2.05, 4.69) is 38.8 Å². The first-order valence-corrected chi connectivity index (χ1v) is 9.99. The van der Waals surface area contributed by atoms with Crippen molar-refractivity contribution in [3.05, 3.63) is 76.5 Å². The smallest absolute Gasteiger partial charge is 0.339 e. The predicted octanol–water partition coefficient (Wildman–Crippen LogP) is 3.70. The van der Waals surface area contributed by atoms with Gasteiger partial charge in [-0.2, -0.15) is 0 Å². The summed E-state index contributed by atoms with van der Waals surface area (Å²) in [6.45, 7) is 1.63. The van der Waals surface area contributed by atoms with Crippen LogP contribution in [-0.4, -0.2) is 23.4 Å². The molecule has 1 aromatic heterocycles. The van der Waals surface area contributed by atoms with Crippen molar-refractivity contribution in [2.24, 2.45) is 4.99 Å². The third-order valence-corrected chi connectivity index (χ3v) is 5.02. The number of hydrogen-bond donors (Lipinski definition) is 1. The van der Waals surface area contributed by atoms with Gasteiger partial charge < -0.3 is 10.1 Å². The van der Waals surface area contributed by atoms with Gasteiger partial charge in [0.15, 0.2) is 12.4 Å². The van der Waals surface area contributed by atoms with Gasteiger partial charge in [-0.1, -0.05) is 40.6 Å². The third kappa shape index (κ3) is 4.22. The Morgan fingerprint density at radius 3 is 2.89 bits per heavy atom. The van der Waals surface area contributed by atoms with Crippen molar-refractivity contribution in [3.8, 4) is 12.3 Å². The Morgan fingerprint density at radius 1 is 1.39 bits per heavy atom. The number of amidine groups is 1. The molecule has 1 N–H and O–H groups in total. The van der Waals surface area contributed by atoms with Crippen LogP contribution in [0.1, 0.15) is 29.8 Å². The molecule has 7 heteroatoms. The van der Waals surface area contributed by atoms with Crippen molar-refractivity contribution < 1.29 is 13.9 Å². The molecule has 1 atom stereocenters. The van der Waals surface area contributed by atoms with Crippen LogP contribution >= 0.6 is 22.6 Å². The Labute approximate surface area is 176 Å². The number of aliphatic imine (C=N–C) groups is 1. The molecule has 0 aliphatic carbocycles. The van der Waals surface area contributed by atoms with E-state index >= 15 is 0 Å². The molecule has 0 radical (unpaired) electrons. The Balaban J connectivity index is 2.12. The van der Waals surface area contributed by atoms with Crippen LogP contribution in [0.15, 0.2) is 58.9 Å². The number of terminal acetylenes is 1. The van der Waals surface area contributed by atoms with Gasteiger partial charge in [-0.05, 0) is 42.3 Å². The fourth-order valence-electron chi connectivity index (χ4n) is 2.94. The molecule has 3 rings (SSSR count). The molecule has 0 bridgehead atoms. The second-order valence-corrected chi connectivity index (χ2v) is 6.78. The molecule has 5 nitrogen and oxygen atoms in total. The number of nitrogens with zero attached hydrogens (tertiary/aromatic N) is 2. The first kappa shape index (κ1) is 20.0. The number of carbonyl (C=O) groups is 1. The zero-order chi connectivity index (χ0) is 20.1. The number of carbonyl (C=O) groups excluding carboxylic acids is 1. The van der Waals surface area contributed by atoms with Gasteiger partial charge in [0.2, 0.25) is 0 Å². The van der Waals surface area contributed by atoms with Gasteiger partial charge in [-0.25, -0.2) is 9.18 Å². The van der Waals surface area contributed by atoms with Crippen molar-refractivity contribution in [2.45, 2.75) is 17.4 Å². The molecule has 0 amide bonds. The average molecular weight is 489 g/mol. The van der Waals surface area contributed by atoms with E-state index in [1.54, 1.807) is 19.2 Å². The molecule has 0 spiro atoms. The predicted molar refractivity (Wildman–Crippen MR) is 113 cm³/mol. The number of nitrogens with one attached hydrogen (secondary N) is 1. The number of aromatic nitrogens is 1. The molecule has 28 heavy (non-hydrogen) atoms. The van der Waals surface area contributed by atoms with Gasteiger partial charge >= 0.3 is 5.97 Å². The first-order chi connectivity index (χ1) is 13.5. The SMILES string of the molecule is C#CCOC(=O)C1=C(C)NC(c2ccccn2)=NC1c1ccc(F)cc1CI. The maximum absolute atomic E-state index is 13.8. The second kappa shape index (κ2) is 8.97. The number of allylic oxidation sites excluding steroid dienone is 1. The summed E-state index contributed by atoms with van der Waals surface area (Å²) in [5, 5.41) is 3.13. The molecule has 1 aliphatic rings. The highest BCUT2D eigenvalue weighted by Crippen LogP contribution is 2.35. The number of halogens is 2. The number of rotatable bonds is 5. The lowest BCUT2D eigenvalue weighted by Gasteiger charge is -2.27. The zero-order valence-electron chi connectivity index (χ0n) is 15.1. The van der Waals surface area contributed by atoms with Gasteiger partial charge in [0.1, 0.15) is 17.6 Å². The van der Waals surface area contributed by atoms with Crippen molar-refractivity contribution >= 4 is 34.4 Å². The lowest BCUT2D eigenvalue weighted by molar-refractivity contribution is -0.138. The van der Waals surface area contributed by atoms with Gasteiger partial charge in [0, 0.05) is 16.3 Å². The molecule has 2 aromatic rings. The first-order valence-electron chi connectivity index (χ1n) is 8.47. The molecule has 0 saturated carbocycles. The van der Waals surface area contributed by atoms with Crippen LogP contribution < -0.4 is 5.32 Å². The van der Waals surface area contributed by atoms with Crippen LogP contribution in [0.3, 0.4) is 0 Å². The molecule has 2 heterocycles. The fourth-order valence-corrected chi connectivity index (χ4v) is 3.60. The minimum Gasteiger partial charge on any atom is -0.449 e.